The number of likely N-dealkylation sites (tertiary alicyclic amines) is 1. The van der Waals surface area contributed by atoms with Crippen LogP contribution >= 0.6 is 0 Å². The molecule has 1 N–H and O–H groups in total. The Morgan fingerprint density at radius 3 is 2.95 bits per heavy atom. The van der Waals surface area contributed by atoms with Gasteiger partial charge in [0.15, 0.2) is 0 Å². The normalized spacial score (nSPS) is 19.3. The molecule has 1 aliphatic heterocycles. The molecular weight excluding hydrogens is 242 g/mol. The first-order valence-corrected chi connectivity index (χ1v) is 6.61. The van der Waals surface area contributed by atoms with Crippen LogP contribution in [-0.2, 0) is 16.1 Å². The van der Waals surface area contributed by atoms with Crippen LogP contribution in [0, 0.1) is 6.92 Å². The number of imide groups is 1. The number of nitrogens with zero attached hydrogens (tertiary/aromatic N) is 2. The predicted octanol–water partition coefficient (Wildman–Crippen LogP) is 1.02. The van der Waals surface area contributed by atoms with Gasteiger partial charge in [0.05, 0.1) is 18.2 Å². The van der Waals surface area contributed by atoms with E-state index in [4.69, 9.17) is 0 Å². The zero-order valence-electron chi connectivity index (χ0n) is 11.3. The van der Waals surface area contributed by atoms with Crippen molar-refractivity contribution in [2.75, 3.05) is 6.54 Å². The van der Waals surface area contributed by atoms with Gasteiger partial charge < -0.3 is 0 Å². The maximum atomic E-state index is 12.0. The Kier molecular flexibility index (Phi) is 4.27. The van der Waals surface area contributed by atoms with Gasteiger partial charge in [-0.1, -0.05) is 13.0 Å². The molecule has 2 heterocycles. The Morgan fingerprint density at radius 2 is 2.26 bits per heavy atom. The number of aryl methyl sites for hydroxylation is 1. The summed E-state index contributed by atoms with van der Waals surface area (Å²) in [6.07, 6.45) is 2.78. The van der Waals surface area contributed by atoms with Crippen LogP contribution in [0.1, 0.15) is 31.0 Å². The van der Waals surface area contributed by atoms with E-state index in [1.165, 1.54) is 4.90 Å². The lowest BCUT2D eigenvalue weighted by Crippen LogP contribution is -2.39. The summed E-state index contributed by atoms with van der Waals surface area (Å²) in [6.45, 7) is 4.96. The SMILES string of the molecule is CCCN1C(=O)CC(NCc2ncccc2C)C1=O. The van der Waals surface area contributed by atoms with Crippen molar-refractivity contribution in [2.45, 2.75) is 39.3 Å². The molecule has 0 spiro atoms. The van der Waals surface area contributed by atoms with Crippen LogP contribution in [0.4, 0.5) is 0 Å². The summed E-state index contributed by atoms with van der Waals surface area (Å²) in [7, 11) is 0. The van der Waals surface area contributed by atoms with E-state index in [9.17, 15) is 9.59 Å². The lowest BCUT2D eigenvalue weighted by atomic mass is 10.2. The first-order valence-electron chi connectivity index (χ1n) is 6.61. The fraction of sp³-hybridized carbons (Fsp3) is 0.500. The molecule has 0 aliphatic carbocycles. The van der Waals surface area contributed by atoms with E-state index in [-0.39, 0.29) is 18.2 Å². The highest BCUT2D eigenvalue weighted by atomic mass is 16.2. The molecule has 1 atom stereocenters. The molecule has 0 radical (unpaired) electrons. The molecule has 5 nitrogen and oxygen atoms in total. The van der Waals surface area contributed by atoms with E-state index < -0.39 is 6.04 Å². The monoisotopic (exact) mass is 261 g/mol. The number of hydrogen-bond donors (Lipinski definition) is 1. The summed E-state index contributed by atoms with van der Waals surface area (Å²) in [5.74, 6) is -0.192. The number of carbonyl (C=O) groups is 2. The van der Waals surface area contributed by atoms with Crippen molar-refractivity contribution >= 4 is 11.8 Å². The van der Waals surface area contributed by atoms with Gasteiger partial charge in [-0.15, -0.1) is 0 Å². The molecule has 1 aromatic rings. The van der Waals surface area contributed by atoms with E-state index in [1.807, 2.05) is 26.0 Å². The highest BCUT2D eigenvalue weighted by molar-refractivity contribution is 6.05. The minimum Gasteiger partial charge on any atom is -0.300 e. The highest BCUT2D eigenvalue weighted by Crippen LogP contribution is 2.14. The average Bonchev–Trinajstić information content (AvgIpc) is 2.66. The number of rotatable bonds is 5. The Labute approximate surface area is 113 Å². The number of carbonyl (C=O) groups excluding carboxylic acids is 2. The molecule has 5 heteroatoms. The van der Waals surface area contributed by atoms with Gasteiger partial charge in [-0.2, -0.15) is 0 Å². The standard InChI is InChI=1S/C14H19N3O2/c1-3-7-17-13(18)8-11(14(17)19)16-9-12-10(2)5-4-6-15-12/h4-6,11,16H,3,7-9H2,1-2H3. The lowest BCUT2D eigenvalue weighted by Gasteiger charge is -2.14. The van der Waals surface area contributed by atoms with Crippen LogP contribution in [-0.4, -0.2) is 34.3 Å². The largest absolute Gasteiger partial charge is 0.300 e. The maximum absolute atomic E-state index is 12.0. The average molecular weight is 261 g/mol. The third-order valence-electron chi connectivity index (χ3n) is 3.32. The fourth-order valence-corrected chi connectivity index (χ4v) is 2.22. The summed E-state index contributed by atoms with van der Waals surface area (Å²) in [5, 5.41) is 3.13. The molecule has 0 saturated carbocycles. The molecule has 0 bridgehead atoms. The number of amides is 2. The van der Waals surface area contributed by atoms with Gasteiger partial charge in [0.25, 0.3) is 0 Å². The van der Waals surface area contributed by atoms with Gasteiger partial charge >= 0.3 is 0 Å². The van der Waals surface area contributed by atoms with E-state index in [1.54, 1.807) is 6.20 Å². The summed E-state index contributed by atoms with van der Waals surface area (Å²) in [5.41, 5.74) is 1.99. The van der Waals surface area contributed by atoms with Gasteiger partial charge in [-0.25, -0.2) is 0 Å². The second-order valence-corrected chi connectivity index (χ2v) is 4.79. The minimum absolute atomic E-state index is 0.0814. The predicted molar refractivity (Wildman–Crippen MR) is 71.2 cm³/mol. The highest BCUT2D eigenvalue weighted by Gasteiger charge is 2.37. The van der Waals surface area contributed by atoms with Crippen LogP contribution in [0.15, 0.2) is 18.3 Å². The maximum Gasteiger partial charge on any atom is 0.246 e. The third kappa shape index (κ3) is 2.98. The second kappa shape index (κ2) is 5.93. The molecule has 19 heavy (non-hydrogen) atoms. The van der Waals surface area contributed by atoms with Crippen LogP contribution in [0.5, 0.6) is 0 Å². The van der Waals surface area contributed by atoms with E-state index in [0.717, 1.165) is 17.7 Å². The van der Waals surface area contributed by atoms with Gasteiger partial charge in [-0.05, 0) is 25.0 Å². The van der Waals surface area contributed by atoms with Crippen LogP contribution in [0.25, 0.3) is 0 Å². The zero-order valence-corrected chi connectivity index (χ0v) is 11.3. The summed E-state index contributed by atoms with van der Waals surface area (Å²) < 4.78 is 0. The van der Waals surface area contributed by atoms with Crippen LogP contribution in [0.3, 0.4) is 0 Å². The smallest absolute Gasteiger partial charge is 0.246 e. The van der Waals surface area contributed by atoms with E-state index >= 15 is 0 Å². The molecule has 2 rings (SSSR count). The first-order chi connectivity index (χ1) is 9.13. The quantitative estimate of drug-likeness (QED) is 0.804. The van der Waals surface area contributed by atoms with Crippen molar-refractivity contribution in [3.05, 3.63) is 29.6 Å². The van der Waals surface area contributed by atoms with E-state index in [2.05, 4.69) is 10.3 Å². The number of aromatic nitrogens is 1. The van der Waals surface area contributed by atoms with Crippen molar-refractivity contribution < 1.29 is 9.59 Å². The molecule has 1 fully saturated rings. The molecular formula is C14H19N3O2. The Balaban J connectivity index is 1.96. The van der Waals surface area contributed by atoms with Crippen molar-refractivity contribution in [2.24, 2.45) is 0 Å². The minimum atomic E-state index is -0.402. The molecule has 1 aromatic heterocycles. The van der Waals surface area contributed by atoms with Crippen molar-refractivity contribution in [3.8, 4) is 0 Å². The van der Waals surface area contributed by atoms with Gasteiger partial charge in [0.2, 0.25) is 11.8 Å². The topological polar surface area (TPSA) is 62.3 Å². The molecule has 1 saturated heterocycles. The zero-order chi connectivity index (χ0) is 13.8. The summed E-state index contributed by atoms with van der Waals surface area (Å²) >= 11 is 0. The number of pyridine rings is 1. The fourth-order valence-electron chi connectivity index (χ4n) is 2.22. The van der Waals surface area contributed by atoms with Crippen molar-refractivity contribution in [1.82, 2.24) is 15.2 Å². The number of hydrogen-bond acceptors (Lipinski definition) is 4. The van der Waals surface area contributed by atoms with E-state index in [0.29, 0.717) is 13.1 Å². The Bertz CT molecular complexity index is 487. The molecule has 1 aliphatic rings. The van der Waals surface area contributed by atoms with Crippen LogP contribution < -0.4 is 5.32 Å². The van der Waals surface area contributed by atoms with Crippen molar-refractivity contribution in [1.29, 1.82) is 0 Å². The molecule has 2 amide bonds. The first kappa shape index (κ1) is 13.7. The summed E-state index contributed by atoms with van der Waals surface area (Å²) in [4.78, 5) is 29.4. The van der Waals surface area contributed by atoms with Crippen molar-refractivity contribution in [3.63, 3.8) is 0 Å². The Morgan fingerprint density at radius 1 is 1.47 bits per heavy atom. The van der Waals surface area contributed by atoms with Gasteiger partial charge in [-0.3, -0.25) is 24.8 Å². The lowest BCUT2D eigenvalue weighted by molar-refractivity contribution is -0.138. The van der Waals surface area contributed by atoms with Gasteiger partial charge in [0.1, 0.15) is 0 Å². The number of nitrogens with one attached hydrogen (secondary N) is 1. The Hall–Kier alpha value is -1.75. The van der Waals surface area contributed by atoms with Crippen LogP contribution in [0.2, 0.25) is 0 Å². The second-order valence-electron chi connectivity index (χ2n) is 4.79. The third-order valence-corrected chi connectivity index (χ3v) is 3.32. The summed E-state index contributed by atoms with van der Waals surface area (Å²) in [6, 6.07) is 3.46. The molecule has 0 aromatic carbocycles. The van der Waals surface area contributed by atoms with Gasteiger partial charge in [0, 0.05) is 19.3 Å². The molecule has 1 unspecified atom stereocenters. The molecule has 102 valence electrons.